The number of aromatic nitrogens is 1. The summed E-state index contributed by atoms with van der Waals surface area (Å²) in [6.45, 7) is 0. The number of methoxy groups -OCH3 is 3. The smallest absolute Gasteiger partial charge is 0.272 e. The normalized spacial score (nSPS) is 10.4. The van der Waals surface area contributed by atoms with Gasteiger partial charge in [-0.1, -0.05) is 18.2 Å². The lowest BCUT2D eigenvalue weighted by molar-refractivity contribution is 0.102. The van der Waals surface area contributed by atoms with E-state index in [-0.39, 0.29) is 11.6 Å². The summed E-state index contributed by atoms with van der Waals surface area (Å²) in [5.41, 5.74) is 0.581. The molecule has 3 rings (SSSR count). The average Bonchev–Trinajstić information content (AvgIpc) is 2.67. The molecule has 0 fully saturated rings. The van der Waals surface area contributed by atoms with Gasteiger partial charge < -0.3 is 24.5 Å². The van der Waals surface area contributed by atoms with Crippen LogP contribution in [0.2, 0.25) is 0 Å². The summed E-state index contributed by atoms with van der Waals surface area (Å²) in [6.07, 6.45) is 0. The van der Waals surface area contributed by atoms with Crippen LogP contribution in [0.5, 0.6) is 17.2 Å². The number of aromatic amines is 1. The number of fused-ring (bicyclic) bond motifs is 1. The molecule has 26 heavy (non-hydrogen) atoms. The molecule has 0 saturated heterocycles. The molecule has 0 unspecified atom stereocenters. The van der Waals surface area contributed by atoms with E-state index in [0.717, 1.165) is 0 Å². The molecular weight excluding hydrogens is 336 g/mol. The van der Waals surface area contributed by atoms with E-state index in [0.29, 0.717) is 33.7 Å². The number of carbonyl (C=O) groups is 1. The van der Waals surface area contributed by atoms with Crippen molar-refractivity contribution in [2.75, 3.05) is 26.6 Å². The number of nitrogens with one attached hydrogen (secondary N) is 2. The first-order valence-electron chi connectivity index (χ1n) is 7.81. The van der Waals surface area contributed by atoms with Crippen LogP contribution in [0.1, 0.15) is 10.4 Å². The zero-order valence-electron chi connectivity index (χ0n) is 14.6. The van der Waals surface area contributed by atoms with Gasteiger partial charge in [0.15, 0.2) is 11.5 Å². The van der Waals surface area contributed by atoms with Crippen LogP contribution in [0.25, 0.3) is 10.9 Å². The van der Waals surface area contributed by atoms with E-state index in [1.165, 1.54) is 21.3 Å². The third-order valence-electron chi connectivity index (χ3n) is 3.93. The minimum absolute atomic E-state index is 0.126. The SMILES string of the molecule is COc1cc2cc(NC(=O)c3ccccc3)c(=O)[nH]c2c(OC)c1OC. The first-order chi connectivity index (χ1) is 12.6. The number of anilines is 1. The number of ether oxygens (including phenoxy) is 3. The van der Waals surface area contributed by atoms with Crippen molar-refractivity contribution < 1.29 is 19.0 Å². The van der Waals surface area contributed by atoms with Gasteiger partial charge in [-0.3, -0.25) is 9.59 Å². The Kier molecular flexibility index (Phi) is 4.79. The Morgan fingerprint density at radius 3 is 2.27 bits per heavy atom. The van der Waals surface area contributed by atoms with Crippen LogP contribution in [0.15, 0.2) is 47.3 Å². The zero-order valence-corrected chi connectivity index (χ0v) is 14.6. The van der Waals surface area contributed by atoms with Crippen molar-refractivity contribution in [2.45, 2.75) is 0 Å². The molecule has 1 aromatic heterocycles. The largest absolute Gasteiger partial charge is 0.493 e. The molecule has 134 valence electrons. The van der Waals surface area contributed by atoms with Crippen molar-refractivity contribution >= 4 is 22.5 Å². The summed E-state index contributed by atoms with van der Waals surface area (Å²) < 4.78 is 16.0. The highest BCUT2D eigenvalue weighted by molar-refractivity contribution is 6.05. The fraction of sp³-hybridized carbons (Fsp3) is 0.158. The molecule has 2 N–H and O–H groups in total. The van der Waals surface area contributed by atoms with Crippen LogP contribution in [0.4, 0.5) is 5.69 Å². The van der Waals surface area contributed by atoms with Crippen molar-refractivity contribution in [2.24, 2.45) is 0 Å². The molecule has 0 radical (unpaired) electrons. The van der Waals surface area contributed by atoms with Gasteiger partial charge in [0.25, 0.3) is 11.5 Å². The molecule has 1 amide bonds. The Labute approximate surface area is 149 Å². The van der Waals surface area contributed by atoms with Crippen LogP contribution in [0, 0.1) is 0 Å². The van der Waals surface area contributed by atoms with Gasteiger partial charge in [0.2, 0.25) is 5.75 Å². The number of rotatable bonds is 5. The summed E-state index contributed by atoms with van der Waals surface area (Å²) >= 11 is 0. The van der Waals surface area contributed by atoms with E-state index in [9.17, 15) is 9.59 Å². The Morgan fingerprint density at radius 2 is 1.65 bits per heavy atom. The number of amides is 1. The van der Waals surface area contributed by atoms with E-state index in [4.69, 9.17) is 14.2 Å². The van der Waals surface area contributed by atoms with Crippen LogP contribution in [0.3, 0.4) is 0 Å². The number of H-pyrrole nitrogens is 1. The van der Waals surface area contributed by atoms with Crippen molar-refractivity contribution in [3.05, 3.63) is 58.4 Å². The fourth-order valence-corrected chi connectivity index (χ4v) is 2.70. The highest BCUT2D eigenvalue weighted by atomic mass is 16.5. The molecule has 1 heterocycles. The summed E-state index contributed by atoms with van der Waals surface area (Å²) in [6, 6.07) is 11.9. The summed E-state index contributed by atoms with van der Waals surface area (Å²) in [5.74, 6) is 0.797. The molecule has 0 aliphatic heterocycles. The van der Waals surface area contributed by atoms with Crippen LogP contribution in [-0.2, 0) is 0 Å². The highest BCUT2D eigenvalue weighted by Gasteiger charge is 2.18. The molecule has 0 aliphatic rings. The Morgan fingerprint density at radius 1 is 0.962 bits per heavy atom. The van der Waals surface area contributed by atoms with Crippen LogP contribution in [-0.4, -0.2) is 32.2 Å². The van der Waals surface area contributed by atoms with E-state index >= 15 is 0 Å². The molecule has 0 aliphatic carbocycles. The number of carbonyl (C=O) groups excluding carboxylic acids is 1. The maximum atomic E-state index is 12.4. The van der Waals surface area contributed by atoms with Crippen molar-refractivity contribution in [1.82, 2.24) is 4.98 Å². The van der Waals surface area contributed by atoms with Crippen LogP contribution >= 0.6 is 0 Å². The quantitative estimate of drug-likeness (QED) is 0.735. The minimum atomic E-state index is -0.452. The van der Waals surface area contributed by atoms with Gasteiger partial charge in [0.05, 0.1) is 26.8 Å². The van der Waals surface area contributed by atoms with E-state index < -0.39 is 5.56 Å². The Balaban J connectivity index is 2.10. The third kappa shape index (κ3) is 3.06. The van der Waals surface area contributed by atoms with Crippen molar-refractivity contribution in [3.63, 3.8) is 0 Å². The Hall–Kier alpha value is -3.48. The summed E-state index contributed by atoms with van der Waals surface area (Å²) in [4.78, 5) is 27.5. The molecule has 0 spiro atoms. The second-order valence-corrected chi connectivity index (χ2v) is 5.44. The van der Waals surface area contributed by atoms with E-state index in [1.54, 1.807) is 36.4 Å². The summed E-state index contributed by atoms with van der Waals surface area (Å²) in [7, 11) is 4.46. The minimum Gasteiger partial charge on any atom is -0.493 e. The van der Waals surface area contributed by atoms with Gasteiger partial charge in [0, 0.05) is 10.9 Å². The lowest BCUT2D eigenvalue weighted by atomic mass is 10.1. The predicted octanol–water partition coefficient (Wildman–Crippen LogP) is 2.81. The van der Waals surface area contributed by atoms with Gasteiger partial charge in [0.1, 0.15) is 5.69 Å². The molecule has 7 heteroatoms. The lowest BCUT2D eigenvalue weighted by Crippen LogP contribution is -2.20. The topological polar surface area (TPSA) is 89.7 Å². The van der Waals surface area contributed by atoms with E-state index in [2.05, 4.69) is 10.3 Å². The zero-order chi connectivity index (χ0) is 18.7. The van der Waals surface area contributed by atoms with E-state index in [1.807, 2.05) is 6.07 Å². The predicted molar refractivity (Wildman–Crippen MR) is 98.6 cm³/mol. The maximum Gasteiger partial charge on any atom is 0.272 e. The van der Waals surface area contributed by atoms with Crippen molar-refractivity contribution in [1.29, 1.82) is 0 Å². The fourth-order valence-electron chi connectivity index (χ4n) is 2.70. The number of benzene rings is 2. The lowest BCUT2D eigenvalue weighted by Gasteiger charge is -2.15. The first kappa shape index (κ1) is 17.3. The molecule has 0 atom stereocenters. The molecule has 7 nitrogen and oxygen atoms in total. The monoisotopic (exact) mass is 354 g/mol. The van der Waals surface area contributed by atoms with Gasteiger partial charge in [-0.15, -0.1) is 0 Å². The third-order valence-corrected chi connectivity index (χ3v) is 3.93. The molecule has 0 bridgehead atoms. The van der Waals surface area contributed by atoms with Gasteiger partial charge >= 0.3 is 0 Å². The standard InChI is InChI=1S/C19H18N2O5/c1-24-14-10-12-9-13(20-18(22)11-7-5-4-6-8-11)19(23)21-15(12)17(26-3)16(14)25-2/h4-10H,1-3H3,(H,20,22)(H,21,23). The summed E-state index contributed by atoms with van der Waals surface area (Å²) in [5, 5.41) is 3.25. The number of pyridine rings is 1. The number of hydrogen-bond donors (Lipinski definition) is 2. The maximum absolute atomic E-state index is 12.4. The molecule has 3 aromatic rings. The molecule has 2 aromatic carbocycles. The molecule has 0 saturated carbocycles. The van der Waals surface area contributed by atoms with Gasteiger partial charge in [-0.05, 0) is 24.3 Å². The van der Waals surface area contributed by atoms with Crippen LogP contribution < -0.4 is 25.1 Å². The second kappa shape index (κ2) is 7.18. The Bertz CT molecular complexity index is 1010. The highest BCUT2D eigenvalue weighted by Crippen LogP contribution is 2.42. The average molecular weight is 354 g/mol. The van der Waals surface area contributed by atoms with Gasteiger partial charge in [-0.2, -0.15) is 0 Å². The molecular formula is C19H18N2O5. The number of hydrogen-bond acceptors (Lipinski definition) is 5. The van der Waals surface area contributed by atoms with Gasteiger partial charge in [-0.25, -0.2) is 0 Å². The van der Waals surface area contributed by atoms with Crippen molar-refractivity contribution in [3.8, 4) is 17.2 Å². The second-order valence-electron chi connectivity index (χ2n) is 5.44. The first-order valence-corrected chi connectivity index (χ1v) is 7.81.